The Labute approximate surface area is 92.2 Å². The number of likely N-dealkylation sites (N-methyl/N-ethyl adjacent to an activating group) is 1. The van der Waals surface area contributed by atoms with E-state index in [2.05, 4.69) is 0 Å². The Balaban J connectivity index is 2.57. The number of halogens is 3. The third-order valence-electron chi connectivity index (χ3n) is 2.97. The van der Waals surface area contributed by atoms with Crippen LogP contribution in [-0.2, 0) is 12.6 Å². The first-order valence-corrected chi connectivity index (χ1v) is 5.05. The summed E-state index contributed by atoms with van der Waals surface area (Å²) in [4.78, 5) is 0. The van der Waals surface area contributed by atoms with Crippen LogP contribution < -0.4 is 5.01 Å². The maximum Gasteiger partial charge on any atom is 0.418 e. The van der Waals surface area contributed by atoms with Gasteiger partial charge < -0.3 is 5.01 Å². The SMILES string of the molecule is CN1CCc2cccc(C(F)(F)F)c2N1C. The Morgan fingerprint density at radius 2 is 1.88 bits per heavy atom. The molecule has 0 unspecified atom stereocenters. The molecule has 0 aromatic heterocycles. The Morgan fingerprint density at radius 3 is 2.50 bits per heavy atom. The lowest BCUT2D eigenvalue weighted by atomic mass is 10.0. The number of hydrazine groups is 1. The van der Waals surface area contributed by atoms with E-state index < -0.39 is 11.7 Å². The zero-order chi connectivity index (χ0) is 11.9. The molecule has 2 rings (SSSR count). The van der Waals surface area contributed by atoms with Gasteiger partial charge in [-0.3, -0.25) is 0 Å². The molecule has 1 aliphatic heterocycles. The highest BCUT2D eigenvalue weighted by molar-refractivity contribution is 5.61. The predicted octanol–water partition coefficient (Wildman–Crippen LogP) is 2.54. The number of alkyl halides is 3. The van der Waals surface area contributed by atoms with E-state index in [1.54, 1.807) is 30.2 Å². The minimum Gasteiger partial charge on any atom is -0.308 e. The van der Waals surface area contributed by atoms with Crippen LogP contribution in [0.4, 0.5) is 18.9 Å². The fourth-order valence-electron chi connectivity index (χ4n) is 2.01. The lowest BCUT2D eigenvalue weighted by molar-refractivity contribution is -0.137. The molecule has 1 aromatic rings. The fourth-order valence-corrected chi connectivity index (χ4v) is 2.01. The van der Waals surface area contributed by atoms with Crippen LogP contribution in [0, 0.1) is 0 Å². The molecule has 0 radical (unpaired) electrons. The Morgan fingerprint density at radius 1 is 1.19 bits per heavy atom. The molecule has 0 amide bonds. The molecule has 16 heavy (non-hydrogen) atoms. The molecule has 0 bridgehead atoms. The molecule has 88 valence electrons. The number of para-hydroxylation sites is 1. The van der Waals surface area contributed by atoms with Crippen LogP contribution in [0.1, 0.15) is 11.1 Å². The topological polar surface area (TPSA) is 6.48 Å². The van der Waals surface area contributed by atoms with E-state index in [-0.39, 0.29) is 5.69 Å². The average molecular weight is 230 g/mol. The van der Waals surface area contributed by atoms with Crippen molar-refractivity contribution in [1.82, 2.24) is 5.01 Å². The van der Waals surface area contributed by atoms with E-state index in [1.807, 2.05) is 0 Å². The van der Waals surface area contributed by atoms with Crippen LogP contribution in [0.3, 0.4) is 0 Å². The normalized spacial score (nSPS) is 17.4. The standard InChI is InChI=1S/C11H13F3N2/c1-15-7-6-8-4-3-5-9(11(12,13)14)10(8)16(15)2/h3-5H,6-7H2,1-2H3. The van der Waals surface area contributed by atoms with Crippen LogP contribution in [-0.4, -0.2) is 25.6 Å². The second kappa shape index (κ2) is 3.66. The van der Waals surface area contributed by atoms with Gasteiger partial charge in [0.1, 0.15) is 0 Å². The molecule has 1 aliphatic rings. The second-order valence-corrected chi connectivity index (χ2v) is 3.97. The molecule has 0 N–H and O–H groups in total. The minimum absolute atomic E-state index is 0.281. The number of rotatable bonds is 0. The molecule has 1 heterocycles. The van der Waals surface area contributed by atoms with Crippen molar-refractivity contribution in [3.8, 4) is 0 Å². The molecular formula is C11H13F3N2. The smallest absolute Gasteiger partial charge is 0.308 e. The molecule has 0 fully saturated rings. The minimum atomic E-state index is -4.29. The van der Waals surface area contributed by atoms with Crippen molar-refractivity contribution in [3.63, 3.8) is 0 Å². The summed E-state index contributed by atoms with van der Waals surface area (Å²) >= 11 is 0. The number of fused-ring (bicyclic) bond motifs is 1. The first-order chi connectivity index (χ1) is 7.41. The Bertz CT molecular complexity index is 401. The number of benzene rings is 1. The van der Waals surface area contributed by atoms with Crippen LogP contribution in [0.2, 0.25) is 0 Å². The van der Waals surface area contributed by atoms with Crippen molar-refractivity contribution in [1.29, 1.82) is 0 Å². The van der Waals surface area contributed by atoms with Gasteiger partial charge in [0, 0.05) is 20.6 Å². The van der Waals surface area contributed by atoms with E-state index in [9.17, 15) is 13.2 Å². The molecular weight excluding hydrogens is 217 g/mol. The first kappa shape index (κ1) is 11.3. The molecule has 2 nitrogen and oxygen atoms in total. The van der Waals surface area contributed by atoms with Gasteiger partial charge >= 0.3 is 6.18 Å². The summed E-state index contributed by atoms with van der Waals surface area (Å²) in [6.07, 6.45) is -3.64. The third-order valence-corrected chi connectivity index (χ3v) is 2.97. The van der Waals surface area contributed by atoms with Crippen molar-refractivity contribution in [2.24, 2.45) is 0 Å². The molecule has 0 saturated carbocycles. The average Bonchev–Trinajstić information content (AvgIpc) is 2.21. The van der Waals surface area contributed by atoms with Gasteiger partial charge in [-0.05, 0) is 18.1 Å². The maximum absolute atomic E-state index is 12.8. The van der Waals surface area contributed by atoms with Crippen molar-refractivity contribution in [2.75, 3.05) is 25.6 Å². The Hall–Kier alpha value is -1.23. The highest BCUT2D eigenvalue weighted by atomic mass is 19.4. The highest BCUT2D eigenvalue weighted by Gasteiger charge is 2.37. The molecule has 0 aliphatic carbocycles. The van der Waals surface area contributed by atoms with Gasteiger partial charge in [-0.2, -0.15) is 13.2 Å². The van der Waals surface area contributed by atoms with E-state index in [0.717, 1.165) is 18.2 Å². The summed E-state index contributed by atoms with van der Waals surface area (Å²) in [7, 11) is 3.45. The van der Waals surface area contributed by atoms with Gasteiger partial charge in [-0.25, -0.2) is 5.01 Å². The third kappa shape index (κ3) is 1.75. The number of hydrogen-bond acceptors (Lipinski definition) is 2. The lowest BCUT2D eigenvalue weighted by Crippen LogP contribution is -2.43. The predicted molar refractivity (Wildman–Crippen MR) is 56.2 cm³/mol. The molecule has 1 aromatic carbocycles. The number of hydrogen-bond donors (Lipinski definition) is 0. The van der Waals surface area contributed by atoms with Crippen molar-refractivity contribution in [3.05, 3.63) is 29.3 Å². The van der Waals surface area contributed by atoms with Gasteiger partial charge in [0.2, 0.25) is 0 Å². The lowest BCUT2D eigenvalue weighted by Gasteiger charge is -2.37. The summed E-state index contributed by atoms with van der Waals surface area (Å²) in [5, 5.41) is 3.36. The fraction of sp³-hybridized carbons (Fsp3) is 0.455. The second-order valence-electron chi connectivity index (χ2n) is 3.97. The van der Waals surface area contributed by atoms with E-state index in [4.69, 9.17) is 0 Å². The molecule has 0 atom stereocenters. The number of nitrogens with zero attached hydrogens (tertiary/aromatic N) is 2. The van der Waals surface area contributed by atoms with Crippen LogP contribution in [0.15, 0.2) is 18.2 Å². The number of anilines is 1. The quantitative estimate of drug-likeness (QED) is 0.675. The highest BCUT2D eigenvalue weighted by Crippen LogP contribution is 2.40. The zero-order valence-corrected chi connectivity index (χ0v) is 9.17. The van der Waals surface area contributed by atoms with Crippen molar-refractivity contribution < 1.29 is 13.2 Å². The summed E-state index contributed by atoms with van der Waals surface area (Å²) in [6.45, 7) is 0.741. The maximum atomic E-state index is 12.8. The van der Waals surface area contributed by atoms with E-state index in [0.29, 0.717) is 6.42 Å². The summed E-state index contributed by atoms with van der Waals surface area (Å²) in [5.74, 6) is 0. The summed E-state index contributed by atoms with van der Waals surface area (Å²) in [6, 6.07) is 4.36. The van der Waals surface area contributed by atoms with Crippen LogP contribution in [0.25, 0.3) is 0 Å². The zero-order valence-electron chi connectivity index (χ0n) is 9.17. The Kier molecular flexibility index (Phi) is 2.58. The van der Waals surface area contributed by atoms with E-state index in [1.165, 1.54) is 6.07 Å². The first-order valence-electron chi connectivity index (χ1n) is 5.05. The van der Waals surface area contributed by atoms with Crippen molar-refractivity contribution in [2.45, 2.75) is 12.6 Å². The van der Waals surface area contributed by atoms with Gasteiger partial charge in [-0.1, -0.05) is 12.1 Å². The van der Waals surface area contributed by atoms with Gasteiger partial charge in [0.05, 0.1) is 11.3 Å². The van der Waals surface area contributed by atoms with Gasteiger partial charge in [0.25, 0.3) is 0 Å². The monoisotopic (exact) mass is 230 g/mol. The molecule has 5 heteroatoms. The summed E-state index contributed by atoms with van der Waals surface area (Å²) < 4.78 is 38.5. The van der Waals surface area contributed by atoms with Crippen LogP contribution in [0.5, 0.6) is 0 Å². The molecule has 0 spiro atoms. The molecule has 0 saturated heterocycles. The van der Waals surface area contributed by atoms with E-state index >= 15 is 0 Å². The summed E-state index contributed by atoms with van der Waals surface area (Å²) in [5.41, 5.74) is 0.484. The van der Waals surface area contributed by atoms with Crippen LogP contribution >= 0.6 is 0 Å². The van der Waals surface area contributed by atoms with Gasteiger partial charge in [0.15, 0.2) is 0 Å². The van der Waals surface area contributed by atoms with Crippen molar-refractivity contribution >= 4 is 5.69 Å². The largest absolute Gasteiger partial charge is 0.418 e. The van der Waals surface area contributed by atoms with Gasteiger partial charge in [-0.15, -0.1) is 0 Å².